The lowest BCUT2D eigenvalue weighted by molar-refractivity contribution is 0.291. The second kappa shape index (κ2) is 8.05. The molecular weight excluding hydrogens is 356 g/mol. The molecule has 2 aliphatic heterocycles. The summed E-state index contributed by atoms with van der Waals surface area (Å²) in [5.41, 5.74) is 0. The largest absolute Gasteiger partial charge is 0.355 e. The molecule has 1 atom stereocenters. The minimum atomic E-state index is -3.12. The molecule has 8 heteroatoms. The molecule has 0 bridgehead atoms. The van der Waals surface area contributed by atoms with E-state index in [4.69, 9.17) is 0 Å². The van der Waals surface area contributed by atoms with Crippen molar-refractivity contribution in [1.29, 1.82) is 0 Å². The Kier molecular flexibility index (Phi) is 6.21. The Bertz CT molecular complexity index is 582. The highest BCUT2D eigenvalue weighted by molar-refractivity contribution is 8.00. The van der Waals surface area contributed by atoms with Gasteiger partial charge in [-0.1, -0.05) is 19.3 Å². The van der Waals surface area contributed by atoms with Crippen LogP contribution >= 0.6 is 11.8 Å². The molecule has 0 aromatic heterocycles. The number of nitrogens with one attached hydrogen (secondary N) is 1. The van der Waals surface area contributed by atoms with Crippen LogP contribution in [0.5, 0.6) is 0 Å². The lowest BCUT2D eigenvalue weighted by Crippen LogP contribution is -2.55. The van der Waals surface area contributed by atoms with Gasteiger partial charge in [0.25, 0.3) is 0 Å². The molecule has 0 unspecified atom stereocenters. The summed E-state index contributed by atoms with van der Waals surface area (Å²) < 4.78 is 25.9. The number of nitrogens with zero attached hydrogens (tertiary/aromatic N) is 3. The Morgan fingerprint density at radius 2 is 2.00 bits per heavy atom. The van der Waals surface area contributed by atoms with Crippen molar-refractivity contribution in [3.8, 4) is 0 Å². The van der Waals surface area contributed by atoms with Crippen LogP contribution in [0.2, 0.25) is 0 Å². The smallest absolute Gasteiger partial charge is 0.211 e. The molecule has 2 heterocycles. The van der Waals surface area contributed by atoms with Crippen molar-refractivity contribution in [2.75, 3.05) is 45.2 Å². The Morgan fingerprint density at radius 1 is 1.24 bits per heavy atom. The van der Waals surface area contributed by atoms with Crippen LogP contribution in [-0.2, 0) is 10.0 Å². The van der Waals surface area contributed by atoms with Crippen molar-refractivity contribution >= 4 is 27.7 Å². The van der Waals surface area contributed by atoms with E-state index in [1.165, 1.54) is 38.4 Å². The zero-order chi connectivity index (χ0) is 17.9. The van der Waals surface area contributed by atoms with E-state index in [1.807, 2.05) is 7.05 Å². The zero-order valence-corrected chi connectivity index (χ0v) is 17.2. The summed E-state index contributed by atoms with van der Waals surface area (Å²) in [4.78, 5) is 6.88. The molecule has 0 radical (unpaired) electrons. The number of thioether (sulfide) groups is 1. The van der Waals surface area contributed by atoms with Crippen molar-refractivity contribution in [2.24, 2.45) is 4.99 Å². The van der Waals surface area contributed by atoms with E-state index in [0.29, 0.717) is 17.8 Å². The third-order valence-electron chi connectivity index (χ3n) is 5.77. The Labute approximate surface area is 156 Å². The number of rotatable bonds is 3. The van der Waals surface area contributed by atoms with Crippen molar-refractivity contribution in [1.82, 2.24) is 14.5 Å². The SMILES string of the molecule is CN=C(NC[C@H]1CCCN1S(C)(=O)=O)N1CCSC2(CCCCC2)C1. The topological polar surface area (TPSA) is 65.0 Å². The molecule has 0 aromatic rings. The van der Waals surface area contributed by atoms with E-state index in [0.717, 1.165) is 37.6 Å². The third kappa shape index (κ3) is 4.63. The van der Waals surface area contributed by atoms with Crippen molar-refractivity contribution < 1.29 is 8.42 Å². The number of hydrogen-bond acceptors (Lipinski definition) is 4. The Morgan fingerprint density at radius 3 is 2.68 bits per heavy atom. The van der Waals surface area contributed by atoms with Gasteiger partial charge in [-0.2, -0.15) is 16.1 Å². The second-order valence-electron chi connectivity index (χ2n) is 7.61. The first-order chi connectivity index (χ1) is 11.9. The van der Waals surface area contributed by atoms with Crippen LogP contribution in [0.1, 0.15) is 44.9 Å². The third-order valence-corrected chi connectivity index (χ3v) is 8.64. The maximum Gasteiger partial charge on any atom is 0.211 e. The normalized spacial score (nSPS) is 28.5. The molecule has 6 nitrogen and oxygen atoms in total. The van der Waals surface area contributed by atoms with Gasteiger partial charge < -0.3 is 10.2 Å². The molecule has 1 saturated carbocycles. The second-order valence-corrected chi connectivity index (χ2v) is 11.1. The van der Waals surface area contributed by atoms with Crippen molar-refractivity contribution in [3.05, 3.63) is 0 Å². The lowest BCUT2D eigenvalue weighted by Gasteiger charge is -2.45. The summed E-state index contributed by atoms with van der Waals surface area (Å²) in [6.45, 7) is 3.38. The average Bonchev–Trinajstić information content (AvgIpc) is 3.05. The van der Waals surface area contributed by atoms with E-state index in [1.54, 1.807) is 4.31 Å². The van der Waals surface area contributed by atoms with Crippen molar-refractivity contribution in [2.45, 2.75) is 55.7 Å². The van der Waals surface area contributed by atoms with Crippen LogP contribution < -0.4 is 5.32 Å². The van der Waals surface area contributed by atoms with Crippen LogP contribution in [0, 0.1) is 0 Å². The highest BCUT2D eigenvalue weighted by atomic mass is 32.2. The molecule has 1 spiro atoms. The molecule has 3 rings (SSSR count). The number of aliphatic imine (C=N–C) groups is 1. The molecular formula is C17H32N4O2S2. The van der Waals surface area contributed by atoms with Gasteiger partial charge >= 0.3 is 0 Å². The van der Waals surface area contributed by atoms with E-state index in [2.05, 4.69) is 27.0 Å². The summed E-state index contributed by atoms with van der Waals surface area (Å²) in [5, 5.41) is 3.47. The van der Waals surface area contributed by atoms with E-state index in [9.17, 15) is 8.42 Å². The molecule has 2 saturated heterocycles. The Hall–Kier alpha value is -0.470. The number of hydrogen-bond donors (Lipinski definition) is 1. The zero-order valence-electron chi connectivity index (χ0n) is 15.5. The van der Waals surface area contributed by atoms with E-state index in [-0.39, 0.29) is 6.04 Å². The minimum Gasteiger partial charge on any atom is -0.355 e. The van der Waals surface area contributed by atoms with Gasteiger partial charge in [0, 0.05) is 49.8 Å². The van der Waals surface area contributed by atoms with E-state index >= 15 is 0 Å². The summed E-state index contributed by atoms with van der Waals surface area (Å²) >= 11 is 2.15. The molecule has 0 aromatic carbocycles. The Balaban J connectivity index is 1.59. The van der Waals surface area contributed by atoms with Gasteiger partial charge in [-0.05, 0) is 25.7 Å². The summed E-state index contributed by atoms with van der Waals surface area (Å²) in [6, 6.07) is 0.0505. The first kappa shape index (κ1) is 19.3. The quantitative estimate of drug-likeness (QED) is 0.589. The molecule has 144 valence electrons. The monoisotopic (exact) mass is 388 g/mol. The number of guanidine groups is 1. The van der Waals surface area contributed by atoms with Gasteiger partial charge in [0.15, 0.2) is 5.96 Å². The van der Waals surface area contributed by atoms with Gasteiger partial charge in [0.05, 0.1) is 6.26 Å². The van der Waals surface area contributed by atoms with Crippen LogP contribution in [0.15, 0.2) is 4.99 Å². The van der Waals surface area contributed by atoms with Crippen LogP contribution in [0.3, 0.4) is 0 Å². The molecule has 3 aliphatic rings. The van der Waals surface area contributed by atoms with Gasteiger partial charge in [0.2, 0.25) is 10.0 Å². The molecule has 1 N–H and O–H groups in total. The van der Waals surface area contributed by atoms with Gasteiger partial charge in [-0.25, -0.2) is 8.42 Å². The van der Waals surface area contributed by atoms with Crippen LogP contribution in [-0.4, -0.2) is 79.6 Å². The molecule has 0 amide bonds. The van der Waals surface area contributed by atoms with Gasteiger partial charge in [-0.15, -0.1) is 0 Å². The maximum atomic E-state index is 11.9. The predicted molar refractivity (Wildman–Crippen MR) is 106 cm³/mol. The van der Waals surface area contributed by atoms with Crippen LogP contribution in [0.4, 0.5) is 0 Å². The average molecular weight is 389 g/mol. The molecule has 1 aliphatic carbocycles. The molecule has 3 fully saturated rings. The standard InChI is InChI=1S/C17H32N4O2S2/c1-18-16(19-13-15-7-6-10-21(15)25(2,22)23)20-11-12-24-17(14-20)8-4-3-5-9-17/h15H,3-14H2,1-2H3,(H,18,19)/t15-/m1/s1. The number of sulfonamides is 1. The van der Waals surface area contributed by atoms with Crippen LogP contribution in [0.25, 0.3) is 0 Å². The fourth-order valence-electron chi connectivity index (χ4n) is 4.52. The minimum absolute atomic E-state index is 0.0505. The highest BCUT2D eigenvalue weighted by Gasteiger charge is 2.38. The fourth-order valence-corrected chi connectivity index (χ4v) is 7.27. The summed E-state index contributed by atoms with van der Waals surface area (Å²) in [5.74, 6) is 2.09. The molecule has 25 heavy (non-hydrogen) atoms. The predicted octanol–water partition coefficient (Wildman–Crippen LogP) is 1.74. The highest BCUT2D eigenvalue weighted by Crippen LogP contribution is 2.42. The first-order valence-corrected chi connectivity index (χ1v) is 12.3. The van der Waals surface area contributed by atoms with Gasteiger partial charge in [-0.3, -0.25) is 4.99 Å². The summed E-state index contributed by atoms with van der Waals surface area (Å²) in [7, 11) is -1.28. The van der Waals surface area contributed by atoms with E-state index < -0.39 is 10.0 Å². The fraction of sp³-hybridized carbons (Fsp3) is 0.941. The van der Waals surface area contributed by atoms with Gasteiger partial charge in [0.1, 0.15) is 0 Å². The lowest BCUT2D eigenvalue weighted by atomic mass is 9.87. The van der Waals surface area contributed by atoms with Crippen molar-refractivity contribution in [3.63, 3.8) is 0 Å². The maximum absolute atomic E-state index is 11.9. The first-order valence-electron chi connectivity index (χ1n) is 9.50. The summed E-state index contributed by atoms with van der Waals surface area (Å²) in [6.07, 6.45) is 9.88.